The van der Waals surface area contributed by atoms with Crippen LogP contribution in [0.1, 0.15) is 49.5 Å². The van der Waals surface area contributed by atoms with Crippen LogP contribution in [0.25, 0.3) is 0 Å². The molecule has 21 heavy (non-hydrogen) atoms. The first-order valence-corrected chi connectivity index (χ1v) is 10.8. The minimum atomic E-state index is -1.05. The molecule has 0 amide bonds. The van der Waals surface area contributed by atoms with Crippen LogP contribution >= 0.6 is 0 Å². The first-order chi connectivity index (χ1) is 9.77. The van der Waals surface area contributed by atoms with Crippen LogP contribution in [0.5, 0.6) is 0 Å². The quantitative estimate of drug-likeness (QED) is 0.580. The summed E-state index contributed by atoms with van der Waals surface area (Å²) in [5.74, 6) is 0.619. The van der Waals surface area contributed by atoms with E-state index < -0.39 is 9.04 Å². The van der Waals surface area contributed by atoms with E-state index in [9.17, 15) is 4.79 Å². The maximum Gasteiger partial charge on any atom is 0.171 e. The van der Waals surface area contributed by atoms with Gasteiger partial charge < -0.3 is 4.43 Å². The number of ketones is 1. The Labute approximate surface area is 130 Å². The zero-order chi connectivity index (χ0) is 15.6. The second-order valence-corrected chi connectivity index (χ2v) is 9.95. The third-order valence-electron chi connectivity index (χ3n) is 4.01. The number of carbonyl (C=O) groups excluding carboxylic acids is 1. The lowest BCUT2D eigenvalue weighted by Gasteiger charge is -2.32. The molecule has 0 N–H and O–H groups in total. The number of hydrogen-bond donors (Lipinski definition) is 0. The van der Waals surface area contributed by atoms with Crippen LogP contribution in [0.15, 0.2) is 24.3 Å². The Balaban J connectivity index is 2.04. The first-order valence-electron chi connectivity index (χ1n) is 8.06. The fourth-order valence-corrected chi connectivity index (χ4v) is 3.65. The molecule has 0 aliphatic heterocycles. The zero-order valence-corrected chi connectivity index (χ0v) is 15.1. The molecular formula is C18H28O2Si. The number of Topliss-reactive ketones (excluding diaryl/α,β-unsaturated/α-hetero) is 1. The largest absolute Gasteiger partial charge is 0.417 e. The average molecular weight is 305 g/mol. The minimum Gasteiger partial charge on any atom is -0.417 e. The van der Waals surface area contributed by atoms with Crippen molar-refractivity contribution in [3.63, 3.8) is 0 Å². The molecule has 116 valence electrons. The van der Waals surface area contributed by atoms with Crippen molar-refractivity contribution in [3.05, 3.63) is 35.4 Å². The molecule has 1 aliphatic carbocycles. The van der Waals surface area contributed by atoms with E-state index in [2.05, 4.69) is 46.0 Å². The molecule has 1 aromatic rings. The van der Waals surface area contributed by atoms with Gasteiger partial charge in [-0.3, -0.25) is 4.79 Å². The van der Waals surface area contributed by atoms with Crippen molar-refractivity contribution in [2.45, 2.75) is 59.2 Å². The Morgan fingerprint density at radius 3 is 2.24 bits per heavy atom. The summed E-state index contributed by atoms with van der Waals surface area (Å²) < 4.78 is 6.22. The fourth-order valence-electron chi connectivity index (χ4n) is 2.49. The number of hydrogen-bond acceptors (Lipinski definition) is 2. The van der Waals surface area contributed by atoms with Crippen LogP contribution in [0.3, 0.4) is 0 Å². The van der Waals surface area contributed by atoms with E-state index >= 15 is 0 Å². The van der Waals surface area contributed by atoms with Gasteiger partial charge in [-0.15, -0.1) is 0 Å². The van der Waals surface area contributed by atoms with Crippen LogP contribution in [-0.2, 0) is 10.8 Å². The van der Waals surface area contributed by atoms with Crippen molar-refractivity contribution in [2.24, 2.45) is 11.3 Å². The summed E-state index contributed by atoms with van der Waals surface area (Å²) in [6, 6.07) is 8.17. The van der Waals surface area contributed by atoms with Gasteiger partial charge in [0.15, 0.2) is 14.8 Å². The zero-order valence-electron chi connectivity index (χ0n) is 14.0. The van der Waals surface area contributed by atoms with E-state index in [1.807, 2.05) is 12.1 Å². The predicted molar refractivity (Wildman–Crippen MR) is 90.4 cm³/mol. The maximum absolute atomic E-state index is 12.0. The van der Waals surface area contributed by atoms with Gasteiger partial charge in [-0.25, -0.2) is 0 Å². The van der Waals surface area contributed by atoms with Crippen molar-refractivity contribution in [1.29, 1.82) is 0 Å². The van der Waals surface area contributed by atoms with Gasteiger partial charge in [-0.2, -0.15) is 0 Å². The van der Waals surface area contributed by atoms with Crippen molar-refractivity contribution in [3.8, 4) is 0 Å². The van der Waals surface area contributed by atoms with Crippen molar-refractivity contribution < 1.29 is 9.22 Å². The SMILES string of the molecule is C[SiH](C)OC(Cc1ccc(C(=O)C2CC2)cc1)C(C)(C)C. The van der Waals surface area contributed by atoms with E-state index in [0.717, 1.165) is 24.8 Å². The summed E-state index contributed by atoms with van der Waals surface area (Å²) in [4.78, 5) is 12.0. The van der Waals surface area contributed by atoms with Gasteiger partial charge in [0.05, 0.1) is 6.10 Å². The maximum atomic E-state index is 12.0. The Bertz CT molecular complexity index is 481. The number of rotatable bonds is 6. The summed E-state index contributed by atoms with van der Waals surface area (Å²) in [6.45, 7) is 11.1. The third-order valence-corrected chi connectivity index (χ3v) is 4.88. The molecule has 0 heterocycles. The van der Waals surface area contributed by atoms with E-state index in [1.54, 1.807) is 0 Å². The van der Waals surface area contributed by atoms with Crippen LogP contribution < -0.4 is 0 Å². The van der Waals surface area contributed by atoms with Crippen LogP contribution in [0.4, 0.5) is 0 Å². The molecule has 2 rings (SSSR count). The van der Waals surface area contributed by atoms with E-state index in [-0.39, 0.29) is 11.5 Å². The lowest BCUT2D eigenvalue weighted by atomic mass is 9.85. The normalized spacial score (nSPS) is 17.0. The molecule has 1 unspecified atom stereocenters. The molecule has 1 atom stereocenters. The Hall–Kier alpha value is -0.933. The smallest absolute Gasteiger partial charge is 0.171 e. The van der Waals surface area contributed by atoms with Gasteiger partial charge in [0.2, 0.25) is 0 Å². The van der Waals surface area contributed by atoms with Gasteiger partial charge in [-0.1, -0.05) is 45.0 Å². The standard InChI is InChI=1S/C18H28O2Si/c1-18(2,3)16(20-21(4)5)12-13-6-8-14(9-7-13)17(19)15-10-11-15/h6-9,15-16,21H,10-12H2,1-5H3. The molecule has 2 nitrogen and oxygen atoms in total. The monoisotopic (exact) mass is 304 g/mol. The summed E-state index contributed by atoms with van der Waals surface area (Å²) >= 11 is 0. The van der Waals surface area contributed by atoms with Crippen molar-refractivity contribution in [1.82, 2.24) is 0 Å². The van der Waals surface area contributed by atoms with E-state index in [4.69, 9.17) is 4.43 Å². The number of benzene rings is 1. The average Bonchev–Trinajstić information content (AvgIpc) is 3.20. The highest BCUT2D eigenvalue weighted by Gasteiger charge is 2.30. The molecule has 0 radical (unpaired) electrons. The minimum absolute atomic E-state index is 0.139. The van der Waals surface area contributed by atoms with E-state index in [0.29, 0.717) is 11.7 Å². The second kappa shape index (κ2) is 6.45. The fraction of sp³-hybridized carbons (Fsp3) is 0.611. The Kier molecular flexibility index (Phi) is 5.05. The summed E-state index contributed by atoms with van der Waals surface area (Å²) in [5, 5.41) is 0. The molecule has 1 aromatic carbocycles. The van der Waals surface area contributed by atoms with Gasteiger partial charge >= 0.3 is 0 Å². The van der Waals surface area contributed by atoms with Gasteiger partial charge in [0, 0.05) is 11.5 Å². The second-order valence-electron chi connectivity index (χ2n) is 7.58. The van der Waals surface area contributed by atoms with Crippen molar-refractivity contribution in [2.75, 3.05) is 0 Å². The van der Waals surface area contributed by atoms with E-state index in [1.165, 1.54) is 5.56 Å². The van der Waals surface area contributed by atoms with Gasteiger partial charge in [0.1, 0.15) is 0 Å². The predicted octanol–water partition coefficient (Wildman–Crippen LogP) is 4.24. The summed E-state index contributed by atoms with van der Waals surface area (Å²) in [7, 11) is -1.05. The highest BCUT2D eigenvalue weighted by Crippen LogP contribution is 2.33. The summed E-state index contributed by atoms with van der Waals surface area (Å²) in [5.41, 5.74) is 2.27. The molecule has 0 bridgehead atoms. The highest BCUT2D eigenvalue weighted by molar-refractivity contribution is 6.48. The third kappa shape index (κ3) is 4.79. The van der Waals surface area contributed by atoms with Crippen molar-refractivity contribution >= 4 is 14.8 Å². The molecule has 1 saturated carbocycles. The lowest BCUT2D eigenvalue weighted by Crippen LogP contribution is -2.35. The van der Waals surface area contributed by atoms with Crippen LogP contribution in [-0.4, -0.2) is 20.9 Å². The Morgan fingerprint density at radius 1 is 1.24 bits per heavy atom. The first kappa shape index (κ1) is 16.4. The molecule has 0 spiro atoms. The summed E-state index contributed by atoms with van der Waals surface area (Å²) in [6.07, 6.45) is 3.31. The number of carbonyl (C=O) groups is 1. The molecule has 3 heteroatoms. The highest BCUT2D eigenvalue weighted by atomic mass is 28.3. The molecule has 0 aromatic heterocycles. The van der Waals surface area contributed by atoms with Crippen LogP contribution in [0.2, 0.25) is 13.1 Å². The topological polar surface area (TPSA) is 26.3 Å². The molecule has 0 saturated heterocycles. The molecular weight excluding hydrogens is 276 g/mol. The van der Waals surface area contributed by atoms with Crippen LogP contribution in [0, 0.1) is 11.3 Å². The molecule has 1 fully saturated rings. The Morgan fingerprint density at radius 2 is 1.81 bits per heavy atom. The van der Waals surface area contributed by atoms with Gasteiger partial charge in [-0.05, 0) is 43.3 Å². The molecule has 1 aliphatic rings. The lowest BCUT2D eigenvalue weighted by molar-refractivity contribution is 0.0867. The van der Waals surface area contributed by atoms with Gasteiger partial charge in [0.25, 0.3) is 0 Å².